The summed E-state index contributed by atoms with van der Waals surface area (Å²) in [6.45, 7) is 0. The van der Waals surface area contributed by atoms with Crippen LogP contribution in [-0.2, 0) is 4.74 Å². The van der Waals surface area contributed by atoms with Crippen molar-refractivity contribution in [2.75, 3.05) is 0 Å². The molecule has 2 aromatic carbocycles. The molecule has 2 atom stereocenters. The van der Waals surface area contributed by atoms with Gasteiger partial charge in [0.2, 0.25) is 0 Å². The molecule has 2 unspecified atom stereocenters. The standard InChI is InChI=1S/C26H6F10N4O2/c27-21-16(8-40)22(28)24(30)20(23(21)29)15(7-39)19-13-3-17(41-25(31,32)33)9(5-37)1-11(13)12-2-10(6-38)18(4-14(12)19)42-26(34,35)36/h1-4,9,17H/b19-15+. The molecule has 2 aliphatic carbocycles. The van der Waals surface area contributed by atoms with E-state index in [0.717, 1.165) is 18.2 Å². The van der Waals surface area contributed by atoms with Crippen LogP contribution >= 0.6 is 0 Å². The quantitative estimate of drug-likeness (QED) is 0.221. The Morgan fingerprint density at radius 2 is 1.36 bits per heavy atom. The van der Waals surface area contributed by atoms with Crippen LogP contribution in [0.1, 0.15) is 27.8 Å². The van der Waals surface area contributed by atoms with E-state index >= 15 is 8.78 Å². The number of allylic oxidation sites excluding steroid dienone is 4. The van der Waals surface area contributed by atoms with Crippen LogP contribution in [0.5, 0.6) is 5.75 Å². The zero-order chi connectivity index (χ0) is 31.3. The van der Waals surface area contributed by atoms with E-state index < -0.39 is 92.7 Å². The Morgan fingerprint density at radius 3 is 1.83 bits per heavy atom. The van der Waals surface area contributed by atoms with E-state index in [1.54, 1.807) is 0 Å². The molecule has 0 radical (unpaired) electrons. The second kappa shape index (κ2) is 10.3. The summed E-state index contributed by atoms with van der Waals surface area (Å²) in [5.41, 5.74) is -8.18. The first-order chi connectivity index (χ1) is 19.6. The Hall–Kier alpha value is -5.32. The predicted octanol–water partition coefficient (Wildman–Crippen LogP) is 6.70. The van der Waals surface area contributed by atoms with Crippen LogP contribution in [0.15, 0.2) is 29.9 Å². The number of halogens is 10. The normalized spacial score (nSPS) is 18.8. The largest absolute Gasteiger partial charge is 0.573 e. The maximum atomic E-state index is 15.0. The lowest BCUT2D eigenvalue weighted by Crippen LogP contribution is -2.29. The van der Waals surface area contributed by atoms with Crippen molar-refractivity contribution in [3.8, 4) is 30.0 Å². The van der Waals surface area contributed by atoms with Crippen LogP contribution in [0.2, 0.25) is 0 Å². The smallest absolute Gasteiger partial charge is 0.404 e. The molecular formula is C26H6F10N4O2. The highest BCUT2D eigenvalue weighted by atomic mass is 19.4. The number of rotatable bonds is 3. The van der Waals surface area contributed by atoms with E-state index in [1.807, 2.05) is 0 Å². The number of hydrogen-bond donors (Lipinski definition) is 0. The van der Waals surface area contributed by atoms with E-state index in [4.69, 9.17) is 5.26 Å². The highest BCUT2D eigenvalue weighted by Gasteiger charge is 2.43. The van der Waals surface area contributed by atoms with Gasteiger partial charge in [0.1, 0.15) is 35.6 Å². The molecule has 0 spiro atoms. The Bertz CT molecular complexity index is 1780. The van der Waals surface area contributed by atoms with Gasteiger partial charge in [-0.15, -0.1) is 26.3 Å². The van der Waals surface area contributed by atoms with E-state index in [9.17, 15) is 50.9 Å². The number of alkyl halides is 6. The number of benzene rings is 2. The summed E-state index contributed by atoms with van der Waals surface area (Å²) in [6, 6.07) is 6.26. The molecular weight excluding hydrogens is 590 g/mol. The highest BCUT2D eigenvalue weighted by Crippen LogP contribution is 2.53. The number of ether oxygens (including phenoxy) is 2. The van der Waals surface area contributed by atoms with Crippen LogP contribution in [0, 0.1) is 74.5 Å². The summed E-state index contributed by atoms with van der Waals surface area (Å²) in [4.78, 5) is 0. The molecule has 0 saturated heterocycles. The van der Waals surface area contributed by atoms with Crippen LogP contribution in [0.25, 0.3) is 16.7 Å². The van der Waals surface area contributed by atoms with Gasteiger partial charge >= 0.3 is 12.7 Å². The fraction of sp³-hybridized carbons (Fsp3) is 0.154. The Kier molecular flexibility index (Phi) is 7.24. The first-order valence-corrected chi connectivity index (χ1v) is 10.9. The molecule has 4 rings (SSSR count). The molecule has 0 heterocycles. The minimum absolute atomic E-state index is 0.285. The highest BCUT2D eigenvalue weighted by molar-refractivity contribution is 6.18. The van der Waals surface area contributed by atoms with Crippen LogP contribution in [0.4, 0.5) is 43.9 Å². The molecule has 2 aliphatic rings. The third kappa shape index (κ3) is 5.00. The molecule has 0 aromatic heterocycles. The molecule has 0 N–H and O–H groups in total. The predicted molar refractivity (Wildman–Crippen MR) is 117 cm³/mol. The van der Waals surface area contributed by atoms with E-state index in [2.05, 4.69) is 9.47 Å². The molecule has 212 valence electrons. The van der Waals surface area contributed by atoms with Gasteiger partial charge in [-0.3, -0.25) is 4.74 Å². The zero-order valence-corrected chi connectivity index (χ0v) is 19.8. The van der Waals surface area contributed by atoms with Crippen molar-refractivity contribution in [2.45, 2.75) is 18.8 Å². The number of nitriles is 4. The third-order valence-electron chi connectivity index (χ3n) is 6.02. The molecule has 42 heavy (non-hydrogen) atoms. The lowest BCUT2D eigenvalue weighted by molar-refractivity contribution is -0.338. The minimum Gasteiger partial charge on any atom is -0.404 e. The summed E-state index contributed by atoms with van der Waals surface area (Å²) in [6.07, 6.45) is -11.5. The minimum atomic E-state index is -5.40. The van der Waals surface area contributed by atoms with Gasteiger partial charge in [-0.05, 0) is 40.5 Å². The molecule has 0 amide bonds. The number of hydrogen-bond acceptors (Lipinski definition) is 6. The van der Waals surface area contributed by atoms with Crippen LogP contribution < -0.4 is 4.74 Å². The zero-order valence-electron chi connectivity index (χ0n) is 19.8. The molecule has 0 saturated carbocycles. The van der Waals surface area contributed by atoms with Crippen molar-refractivity contribution in [3.05, 3.63) is 80.9 Å². The lowest BCUT2D eigenvalue weighted by atomic mass is 9.86. The molecule has 0 aliphatic heterocycles. The Balaban J connectivity index is 2.18. The summed E-state index contributed by atoms with van der Waals surface area (Å²) in [7, 11) is 0. The Labute approximate surface area is 227 Å². The fourth-order valence-corrected chi connectivity index (χ4v) is 4.45. The van der Waals surface area contributed by atoms with E-state index in [0.29, 0.717) is 12.1 Å². The molecule has 6 nitrogen and oxygen atoms in total. The van der Waals surface area contributed by atoms with Gasteiger partial charge < -0.3 is 4.74 Å². The summed E-state index contributed by atoms with van der Waals surface area (Å²) < 4.78 is 145. The first-order valence-electron chi connectivity index (χ1n) is 10.9. The third-order valence-corrected chi connectivity index (χ3v) is 6.02. The van der Waals surface area contributed by atoms with Gasteiger partial charge in [0, 0.05) is 5.57 Å². The topological polar surface area (TPSA) is 114 Å². The Morgan fingerprint density at radius 1 is 0.738 bits per heavy atom. The van der Waals surface area contributed by atoms with Crippen molar-refractivity contribution in [2.24, 2.45) is 5.92 Å². The van der Waals surface area contributed by atoms with Gasteiger partial charge in [-0.2, -0.15) is 21.0 Å². The van der Waals surface area contributed by atoms with Crippen molar-refractivity contribution in [1.29, 1.82) is 21.0 Å². The van der Waals surface area contributed by atoms with E-state index in [-0.39, 0.29) is 11.1 Å². The van der Waals surface area contributed by atoms with E-state index in [1.165, 1.54) is 18.2 Å². The molecule has 0 fully saturated rings. The average molecular weight is 596 g/mol. The van der Waals surface area contributed by atoms with Gasteiger partial charge in [0.25, 0.3) is 0 Å². The molecule has 16 heteroatoms. The summed E-state index contributed by atoms with van der Waals surface area (Å²) >= 11 is 0. The maximum absolute atomic E-state index is 15.0. The number of fused-ring (bicyclic) bond motifs is 3. The number of nitrogens with zero attached hydrogens (tertiary/aromatic N) is 4. The van der Waals surface area contributed by atoms with Crippen molar-refractivity contribution < 1.29 is 53.4 Å². The monoisotopic (exact) mass is 596 g/mol. The van der Waals surface area contributed by atoms with Crippen molar-refractivity contribution in [3.63, 3.8) is 0 Å². The van der Waals surface area contributed by atoms with Crippen LogP contribution in [-0.4, -0.2) is 18.8 Å². The van der Waals surface area contributed by atoms with Crippen molar-refractivity contribution >= 4 is 16.7 Å². The first kappa shape index (κ1) is 29.7. The maximum Gasteiger partial charge on any atom is 0.573 e. The lowest BCUT2D eigenvalue weighted by Gasteiger charge is -2.24. The SMILES string of the molecule is N#C/C(=C1/C2=CC(OC(F)(F)F)C(C#N)C=C2c2cc(C#N)c(OC(F)(F)F)cc21)c1c(F)c(F)c(C#N)c(F)c1F. The summed E-state index contributed by atoms with van der Waals surface area (Å²) in [5.74, 6) is -12.0. The second-order valence-electron chi connectivity index (χ2n) is 8.38. The van der Waals surface area contributed by atoms with Gasteiger partial charge in [0.15, 0.2) is 23.3 Å². The second-order valence-corrected chi connectivity index (χ2v) is 8.38. The van der Waals surface area contributed by atoms with Crippen LogP contribution in [0.3, 0.4) is 0 Å². The molecule has 0 bridgehead atoms. The molecule has 2 aromatic rings. The summed E-state index contributed by atoms with van der Waals surface area (Å²) in [5, 5.41) is 37.6. The fourth-order valence-electron chi connectivity index (χ4n) is 4.45. The van der Waals surface area contributed by atoms with Crippen molar-refractivity contribution in [1.82, 2.24) is 0 Å². The average Bonchev–Trinajstić information content (AvgIpc) is 3.19. The van der Waals surface area contributed by atoms with Gasteiger partial charge in [-0.1, -0.05) is 6.08 Å². The van der Waals surface area contributed by atoms with Gasteiger partial charge in [0.05, 0.1) is 28.7 Å². The van der Waals surface area contributed by atoms with Gasteiger partial charge in [-0.25, -0.2) is 17.6 Å².